The molecule has 1 fully saturated rings. The molecular formula is C18H20F3N3O3S. The third kappa shape index (κ3) is 4.61. The summed E-state index contributed by atoms with van der Waals surface area (Å²) in [6.07, 6.45) is -3.98. The lowest BCUT2D eigenvalue weighted by molar-refractivity contribution is -0.137. The normalized spacial score (nSPS) is 16.9. The summed E-state index contributed by atoms with van der Waals surface area (Å²) in [6.45, 7) is 3.90. The molecule has 1 aliphatic heterocycles. The van der Waals surface area contributed by atoms with Gasteiger partial charge in [-0.1, -0.05) is 6.07 Å². The third-order valence-corrected chi connectivity index (χ3v) is 6.32. The smallest absolute Gasteiger partial charge is 0.416 e. The first-order chi connectivity index (χ1) is 13.1. The summed E-state index contributed by atoms with van der Waals surface area (Å²) in [4.78, 5) is 8.02. The van der Waals surface area contributed by atoms with Gasteiger partial charge in [0.15, 0.2) is 0 Å². The van der Waals surface area contributed by atoms with Crippen LogP contribution in [0.5, 0.6) is 5.88 Å². The van der Waals surface area contributed by atoms with Gasteiger partial charge >= 0.3 is 6.18 Å². The standard InChI is InChI=1S/C18H20F3N3O3S/c1-12-10-17(23-13(2)22-12)27-15-6-8-24(9-7-15)28(25,26)16-5-3-4-14(11-16)18(19,20)21/h3-5,10-11,15H,6-9H2,1-2H3. The third-order valence-electron chi connectivity index (χ3n) is 4.43. The first-order valence-electron chi connectivity index (χ1n) is 8.72. The van der Waals surface area contributed by atoms with E-state index < -0.39 is 21.8 Å². The average molecular weight is 415 g/mol. The van der Waals surface area contributed by atoms with Crippen molar-refractivity contribution in [1.29, 1.82) is 0 Å². The van der Waals surface area contributed by atoms with Gasteiger partial charge in [0.1, 0.15) is 11.9 Å². The van der Waals surface area contributed by atoms with Gasteiger partial charge < -0.3 is 4.74 Å². The van der Waals surface area contributed by atoms with Crippen molar-refractivity contribution in [3.63, 3.8) is 0 Å². The Labute approximate surface area is 161 Å². The van der Waals surface area contributed by atoms with Gasteiger partial charge in [-0.05, 0) is 44.9 Å². The Hall–Kier alpha value is -2.20. The highest BCUT2D eigenvalue weighted by atomic mass is 32.2. The number of nitrogens with zero attached hydrogens (tertiary/aromatic N) is 3. The summed E-state index contributed by atoms with van der Waals surface area (Å²) in [5, 5.41) is 0. The molecule has 0 aliphatic carbocycles. The lowest BCUT2D eigenvalue weighted by atomic mass is 10.1. The fourth-order valence-electron chi connectivity index (χ4n) is 3.09. The Morgan fingerprint density at radius 2 is 1.79 bits per heavy atom. The number of aromatic nitrogens is 2. The highest BCUT2D eigenvalue weighted by molar-refractivity contribution is 7.89. The van der Waals surface area contributed by atoms with Crippen molar-refractivity contribution in [2.45, 2.75) is 43.9 Å². The maximum atomic E-state index is 12.9. The molecule has 1 saturated heterocycles. The van der Waals surface area contributed by atoms with Crippen molar-refractivity contribution in [3.8, 4) is 5.88 Å². The van der Waals surface area contributed by atoms with Gasteiger partial charge in [-0.15, -0.1) is 0 Å². The van der Waals surface area contributed by atoms with Crippen molar-refractivity contribution in [3.05, 3.63) is 47.4 Å². The van der Waals surface area contributed by atoms with Crippen LogP contribution in [0.3, 0.4) is 0 Å². The van der Waals surface area contributed by atoms with Crippen molar-refractivity contribution in [1.82, 2.24) is 14.3 Å². The molecule has 0 saturated carbocycles. The summed E-state index contributed by atoms with van der Waals surface area (Å²) in [5.74, 6) is 1.02. The van der Waals surface area contributed by atoms with Gasteiger partial charge in [-0.2, -0.15) is 22.5 Å². The Bertz CT molecular complexity index is 936. The van der Waals surface area contributed by atoms with Crippen LogP contribution in [0, 0.1) is 13.8 Å². The average Bonchev–Trinajstić information content (AvgIpc) is 2.61. The Kier molecular flexibility index (Phi) is 5.62. The van der Waals surface area contributed by atoms with Crippen LogP contribution < -0.4 is 4.74 Å². The van der Waals surface area contributed by atoms with Crippen molar-refractivity contribution >= 4 is 10.0 Å². The molecule has 0 N–H and O–H groups in total. The number of hydrogen-bond donors (Lipinski definition) is 0. The molecule has 1 aromatic heterocycles. The minimum absolute atomic E-state index is 0.159. The van der Waals surface area contributed by atoms with Crippen LogP contribution >= 0.6 is 0 Å². The van der Waals surface area contributed by atoms with E-state index in [9.17, 15) is 21.6 Å². The maximum Gasteiger partial charge on any atom is 0.416 e. The number of benzene rings is 1. The fraction of sp³-hybridized carbons (Fsp3) is 0.444. The van der Waals surface area contributed by atoms with E-state index in [2.05, 4.69) is 9.97 Å². The molecule has 28 heavy (non-hydrogen) atoms. The van der Waals surface area contributed by atoms with Gasteiger partial charge in [0.2, 0.25) is 15.9 Å². The summed E-state index contributed by atoms with van der Waals surface area (Å²) in [6, 6.07) is 5.51. The topological polar surface area (TPSA) is 72.4 Å². The van der Waals surface area contributed by atoms with Crippen LogP contribution in [0.4, 0.5) is 13.2 Å². The summed E-state index contributed by atoms with van der Waals surface area (Å²) < 4.78 is 71.1. The van der Waals surface area contributed by atoms with Crippen LogP contribution in [0.25, 0.3) is 0 Å². The second kappa shape index (κ2) is 7.67. The molecule has 0 spiro atoms. The number of sulfonamides is 1. The predicted molar refractivity (Wildman–Crippen MR) is 95.4 cm³/mol. The lowest BCUT2D eigenvalue weighted by Gasteiger charge is -2.31. The Morgan fingerprint density at radius 3 is 2.39 bits per heavy atom. The van der Waals surface area contributed by atoms with Crippen LogP contribution in [-0.2, 0) is 16.2 Å². The van der Waals surface area contributed by atoms with Gasteiger partial charge in [0.05, 0.1) is 10.5 Å². The minimum Gasteiger partial charge on any atom is -0.474 e. The van der Waals surface area contributed by atoms with E-state index in [4.69, 9.17) is 4.74 Å². The SMILES string of the molecule is Cc1cc(OC2CCN(S(=O)(=O)c3cccc(C(F)(F)F)c3)CC2)nc(C)n1. The predicted octanol–water partition coefficient (Wildman–Crippen LogP) is 3.34. The zero-order valence-electron chi connectivity index (χ0n) is 15.4. The molecule has 0 atom stereocenters. The Morgan fingerprint density at radius 1 is 1.11 bits per heavy atom. The number of hydrogen-bond acceptors (Lipinski definition) is 5. The number of piperidine rings is 1. The molecule has 0 bridgehead atoms. The Balaban J connectivity index is 1.68. The van der Waals surface area contributed by atoms with Crippen molar-refractivity contribution in [2.75, 3.05) is 13.1 Å². The second-order valence-electron chi connectivity index (χ2n) is 6.64. The van der Waals surface area contributed by atoms with Gasteiger partial charge in [0, 0.05) is 24.8 Å². The number of rotatable bonds is 4. The molecule has 0 amide bonds. The highest BCUT2D eigenvalue weighted by Gasteiger charge is 2.34. The number of alkyl halides is 3. The summed E-state index contributed by atoms with van der Waals surface area (Å²) in [7, 11) is -4.00. The van der Waals surface area contributed by atoms with Crippen molar-refractivity contribution in [2.24, 2.45) is 0 Å². The quantitative estimate of drug-likeness (QED) is 0.766. The van der Waals surface area contributed by atoms with Crippen LogP contribution in [0.15, 0.2) is 35.2 Å². The minimum atomic E-state index is -4.60. The zero-order chi connectivity index (χ0) is 20.5. The van der Waals surface area contributed by atoms with Gasteiger partial charge in [-0.3, -0.25) is 0 Å². The van der Waals surface area contributed by atoms with E-state index in [0.29, 0.717) is 30.6 Å². The molecule has 1 aliphatic rings. The van der Waals surface area contributed by atoms with E-state index in [1.165, 1.54) is 10.4 Å². The van der Waals surface area contributed by atoms with Crippen LogP contribution in [0.1, 0.15) is 29.9 Å². The fourth-order valence-corrected chi connectivity index (χ4v) is 4.60. The molecular weight excluding hydrogens is 395 g/mol. The first kappa shape index (κ1) is 20.5. The van der Waals surface area contributed by atoms with E-state index in [1.54, 1.807) is 13.0 Å². The van der Waals surface area contributed by atoms with Crippen LogP contribution in [0.2, 0.25) is 0 Å². The molecule has 10 heteroatoms. The molecule has 0 radical (unpaired) electrons. The van der Waals surface area contributed by atoms with Gasteiger partial charge in [0.25, 0.3) is 0 Å². The van der Waals surface area contributed by atoms with Crippen LogP contribution in [-0.4, -0.2) is 41.9 Å². The molecule has 2 heterocycles. The second-order valence-corrected chi connectivity index (χ2v) is 8.58. The summed E-state index contributed by atoms with van der Waals surface area (Å²) in [5.41, 5.74) is -0.214. The molecule has 152 valence electrons. The van der Waals surface area contributed by atoms with Gasteiger partial charge in [-0.25, -0.2) is 13.4 Å². The molecule has 0 unspecified atom stereocenters. The number of halogens is 3. The van der Waals surface area contributed by atoms with E-state index in [-0.39, 0.29) is 24.1 Å². The van der Waals surface area contributed by atoms with E-state index in [0.717, 1.165) is 17.8 Å². The monoisotopic (exact) mass is 415 g/mol. The maximum absolute atomic E-state index is 12.9. The summed E-state index contributed by atoms with van der Waals surface area (Å²) >= 11 is 0. The molecule has 3 rings (SSSR count). The highest BCUT2D eigenvalue weighted by Crippen LogP contribution is 2.31. The largest absolute Gasteiger partial charge is 0.474 e. The van der Waals surface area contributed by atoms with E-state index in [1.807, 2.05) is 6.92 Å². The molecule has 6 nitrogen and oxygen atoms in total. The zero-order valence-corrected chi connectivity index (χ0v) is 16.2. The first-order valence-corrected chi connectivity index (χ1v) is 10.2. The molecule has 2 aromatic rings. The van der Waals surface area contributed by atoms with Crippen molar-refractivity contribution < 1.29 is 26.3 Å². The number of aryl methyl sites for hydroxylation is 2. The molecule has 1 aromatic carbocycles. The lowest BCUT2D eigenvalue weighted by Crippen LogP contribution is -2.41. The number of ether oxygens (including phenoxy) is 1. The van der Waals surface area contributed by atoms with E-state index >= 15 is 0 Å².